The van der Waals surface area contributed by atoms with Crippen LogP contribution in [0.4, 0.5) is 4.79 Å². The molecule has 1 fully saturated rings. The zero-order valence-electron chi connectivity index (χ0n) is 15.3. The van der Waals surface area contributed by atoms with Crippen molar-refractivity contribution < 1.29 is 22.7 Å². The molecule has 0 bridgehead atoms. The molecule has 0 radical (unpaired) electrons. The summed E-state index contributed by atoms with van der Waals surface area (Å²) in [6, 6.07) is 4.57. The fourth-order valence-electron chi connectivity index (χ4n) is 2.57. The molecule has 7 nitrogen and oxygen atoms in total. The number of hydrogen-bond donors (Lipinski definition) is 0. The molecule has 1 aromatic rings. The molecule has 1 aliphatic heterocycles. The summed E-state index contributed by atoms with van der Waals surface area (Å²) in [6.07, 6.45) is 0.663. The van der Waals surface area contributed by atoms with Crippen molar-refractivity contribution >= 4 is 37.8 Å². The maximum absolute atomic E-state index is 12.8. The van der Waals surface area contributed by atoms with Gasteiger partial charge in [-0.3, -0.25) is 4.79 Å². The molecule has 0 unspecified atom stereocenters. The fourth-order valence-corrected chi connectivity index (χ4v) is 3.98. The molecule has 2 amide bonds. The van der Waals surface area contributed by atoms with E-state index in [2.05, 4.69) is 15.9 Å². The maximum Gasteiger partial charge on any atom is 0.410 e. The molecular formula is C17H23BrN2O5S. The van der Waals surface area contributed by atoms with Gasteiger partial charge in [0.25, 0.3) is 5.91 Å². The van der Waals surface area contributed by atoms with E-state index in [0.29, 0.717) is 30.7 Å². The lowest BCUT2D eigenvalue weighted by molar-refractivity contribution is 0.0140. The van der Waals surface area contributed by atoms with Crippen molar-refractivity contribution in [2.45, 2.75) is 31.3 Å². The van der Waals surface area contributed by atoms with Gasteiger partial charge in [0.15, 0.2) is 9.84 Å². The van der Waals surface area contributed by atoms with E-state index in [-0.39, 0.29) is 16.4 Å². The Labute approximate surface area is 162 Å². The Morgan fingerprint density at radius 2 is 1.62 bits per heavy atom. The van der Waals surface area contributed by atoms with Gasteiger partial charge in [-0.2, -0.15) is 0 Å². The predicted molar refractivity (Wildman–Crippen MR) is 101 cm³/mol. The molecule has 1 aliphatic rings. The number of ether oxygens (including phenoxy) is 1. The van der Waals surface area contributed by atoms with Crippen LogP contribution < -0.4 is 0 Å². The van der Waals surface area contributed by atoms with E-state index in [4.69, 9.17) is 4.74 Å². The van der Waals surface area contributed by atoms with Crippen LogP contribution in [-0.4, -0.2) is 68.3 Å². The molecule has 1 aromatic carbocycles. The summed E-state index contributed by atoms with van der Waals surface area (Å²) >= 11 is 3.23. The standard InChI is InChI=1S/C17H23BrN2O5S/c1-17(2,3)25-16(22)20-9-7-19(8-10-20)15(21)13-6-5-12(18)11-14(13)26(4,23)24/h5-6,11H,7-10H2,1-4H3. The number of rotatable bonds is 2. The summed E-state index contributed by atoms with van der Waals surface area (Å²) in [5.74, 6) is -0.359. The number of sulfone groups is 1. The quantitative estimate of drug-likeness (QED) is 0.696. The van der Waals surface area contributed by atoms with Crippen LogP contribution in [0.3, 0.4) is 0 Å². The summed E-state index contributed by atoms with van der Waals surface area (Å²) in [4.78, 5) is 28.0. The van der Waals surface area contributed by atoms with E-state index in [1.54, 1.807) is 36.6 Å². The van der Waals surface area contributed by atoms with Gasteiger partial charge in [0.05, 0.1) is 10.5 Å². The maximum atomic E-state index is 12.8. The summed E-state index contributed by atoms with van der Waals surface area (Å²) in [5.41, 5.74) is -0.437. The zero-order chi connectivity index (χ0) is 19.7. The van der Waals surface area contributed by atoms with E-state index in [9.17, 15) is 18.0 Å². The van der Waals surface area contributed by atoms with Crippen molar-refractivity contribution in [3.05, 3.63) is 28.2 Å². The highest BCUT2D eigenvalue weighted by Gasteiger charge is 2.30. The normalized spacial score (nSPS) is 15.7. The first-order chi connectivity index (χ1) is 11.9. The first-order valence-electron chi connectivity index (χ1n) is 8.15. The molecule has 1 saturated heterocycles. The molecule has 0 spiro atoms. The van der Waals surface area contributed by atoms with E-state index in [1.165, 1.54) is 12.1 Å². The van der Waals surface area contributed by atoms with Crippen molar-refractivity contribution in [2.24, 2.45) is 0 Å². The molecule has 0 aliphatic carbocycles. The molecule has 9 heteroatoms. The Bertz CT molecular complexity index is 809. The van der Waals surface area contributed by atoms with Crippen LogP contribution in [0.25, 0.3) is 0 Å². The Balaban J connectivity index is 2.11. The SMILES string of the molecule is CC(C)(C)OC(=O)N1CCN(C(=O)c2ccc(Br)cc2S(C)(=O)=O)CC1. The van der Waals surface area contributed by atoms with Crippen molar-refractivity contribution in [3.8, 4) is 0 Å². The van der Waals surface area contributed by atoms with Crippen LogP contribution in [0.5, 0.6) is 0 Å². The van der Waals surface area contributed by atoms with Gasteiger partial charge in [-0.25, -0.2) is 13.2 Å². The van der Waals surface area contributed by atoms with Gasteiger partial charge in [0.1, 0.15) is 5.60 Å². The second kappa shape index (κ2) is 7.56. The lowest BCUT2D eigenvalue weighted by Gasteiger charge is -2.35. The molecule has 0 aromatic heterocycles. The van der Waals surface area contributed by atoms with E-state index < -0.39 is 21.5 Å². The number of benzene rings is 1. The summed E-state index contributed by atoms with van der Waals surface area (Å²) < 4.78 is 29.9. The average Bonchev–Trinajstić information content (AvgIpc) is 2.52. The number of piperazine rings is 1. The fraction of sp³-hybridized carbons (Fsp3) is 0.529. The highest BCUT2D eigenvalue weighted by Crippen LogP contribution is 2.23. The minimum Gasteiger partial charge on any atom is -0.444 e. The second-order valence-corrected chi connectivity index (χ2v) is 10.1. The van der Waals surface area contributed by atoms with Gasteiger partial charge >= 0.3 is 6.09 Å². The number of nitrogens with zero attached hydrogens (tertiary/aromatic N) is 2. The van der Waals surface area contributed by atoms with Crippen molar-refractivity contribution in [3.63, 3.8) is 0 Å². The van der Waals surface area contributed by atoms with Crippen LogP contribution in [0.15, 0.2) is 27.6 Å². The van der Waals surface area contributed by atoms with Crippen LogP contribution in [0.2, 0.25) is 0 Å². The molecular weight excluding hydrogens is 424 g/mol. The number of carbonyl (C=O) groups is 2. The Morgan fingerprint density at radius 3 is 2.12 bits per heavy atom. The molecule has 144 valence electrons. The van der Waals surface area contributed by atoms with Gasteiger partial charge in [-0.05, 0) is 39.0 Å². The smallest absolute Gasteiger partial charge is 0.410 e. The topological polar surface area (TPSA) is 84.0 Å². The molecule has 0 saturated carbocycles. The molecule has 26 heavy (non-hydrogen) atoms. The third-order valence-electron chi connectivity index (χ3n) is 3.79. The first kappa shape index (κ1) is 20.7. The second-order valence-electron chi connectivity index (χ2n) is 7.17. The summed E-state index contributed by atoms with van der Waals surface area (Å²) in [7, 11) is -3.55. The lowest BCUT2D eigenvalue weighted by atomic mass is 10.2. The molecule has 0 atom stereocenters. The third-order valence-corrected chi connectivity index (χ3v) is 5.42. The number of amides is 2. The lowest BCUT2D eigenvalue weighted by Crippen LogP contribution is -2.51. The first-order valence-corrected chi connectivity index (χ1v) is 10.8. The van der Waals surface area contributed by atoms with Gasteiger partial charge < -0.3 is 14.5 Å². The Hall–Kier alpha value is -1.61. The van der Waals surface area contributed by atoms with Crippen LogP contribution in [-0.2, 0) is 14.6 Å². The van der Waals surface area contributed by atoms with Crippen molar-refractivity contribution in [2.75, 3.05) is 32.4 Å². The van der Waals surface area contributed by atoms with E-state index in [1.807, 2.05) is 0 Å². The summed E-state index contributed by atoms with van der Waals surface area (Å²) in [6.45, 7) is 6.70. The molecule has 1 heterocycles. The Morgan fingerprint density at radius 1 is 1.08 bits per heavy atom. The zero-order valence-corrected chi connectivity index (χ0v) is 17.7. The van der Waals surface area contributed by atoms with Crippen LogP contribution in [0.1, 0.15) is 31.1 Å². The number of carbonyl (C=O) groups excluding carboxylic acids is 2. The monoisotopic (exact) mass is 446 g/mol. The summed E-state index contributed by atoms with van der Waals surface area (Å²) in [5, 5.41) is 0. The van der Waals surface area contributed by atoms with E-state index in [0.717, 1.165) is 6.26 Å². The van der Waals surface area contributed by atoms with Crippen LogP contribution in [0, 0.1) is 0 Å². The average molecular weight is 447 g/mol. The van der Waals surface area contributed by atoms with E-state index >= 15 is 0 Å². The highest BCUT2D eigenvalue weighted by molar-refractivity contribution is 9.10. The van der Waals surface area contributed by atoms with Gasteiger partial charge in [0.2, 0.25) is 0 Å². The minimum absolute atomic E-state index is 0.00792. The minimum atomic E-state index is -3.55. The molecule has 0 N–H and O–H groups in total. The van der Waals surface area contributed by atoms with Crippen LogP contribution >= 0.6 is 15.9 Å². The van der Waals surface area contributed by atoms with Gasteiger partial charge in [0, 0.05) is 36.9 Å². The number of hydrogen-bond acceptors (Lipinski definition) is 5. The Kier molecular flexibility index (Phi) is 6.02. The van der Waals surface area contributed by atoms with Crippen molar-refractivity contribution in [1.29, 1.82) is 0 Å². The van der Waals surface area contributed by atoms with Crippen molar-refractivity contribution in [1.82, 2.24) is 9.80 Å². The number of halogens is 1. The highest BCUT2D eigenvalue weighted by atomic mass is 79.9. The van der Waals surface area contributed by atoms with Gasteiger partial charge in [-0.1, -0.05) is 15.9 Å². The predicted octanol–water partition coefficient (Wildman–Crippen LogP) is 2.55. The molecule has 2 rings (SSSR count). The third kappa shape index (κ3) is 5.20. The largest absolute Gasteiger partial charge is 0.444 e. The van der Waals surface area contributed by atoms with Gasteiger partial charge in [-0.15, -0.1) is 0 Å².